The third-order valence-corrected chi connectivity index (χ3v) is 2.21. The highest BCUT2D eigenvalue weighted by Gasteiger charge is 2.07. The lowest BCUT2D eigenvalue weighted by atomic mass is 10.3. The molecule has 0 aromatic carbocycles. The van der Waals surface area contributed by atoms with Gasteiger partial charge in [0.1, 0.15) is 5.65 Å². The van der Waals surface area contributed by atoms with Gasteiger partial charge < -0.3 is 0 Å². The van der Waals surface area contributed by atoms with E-state index in [0.717, 1.165) is 4.57 Å². The molecule has 0 bridgehead atoms. The lowest BCUT2D eigenvalue weighted by Crippen LogP contribution is -2.37. The van der Waals surface area contributed by atoms with Crippen LogP contribution in [0.25, 0.3) is 11.0 Å². The monoisotopic (exact) mass is 221 g/mol. The Morgan fingerprint density at radius 3 is 2.38 bits per heavy atom. The Hall–Kier alpha value is -1.91. The van der Waals surface area contributed by atoms with Crippen molar-refractivity contribution in [2.24, 2.45) is 14.1 Å². The first-order valence-corrected chi connectivity index (χ1v) is 5.13. The summed E-state index contributed by atoms with van der Waals surface area (Å²) in [4.78, 5) is 27.1. The molecule has 0 N–H and O–H groups in total. The predicted molar refractivity (Wildman–Crippen MR) is 63.6 cm³/mol. The molecule has 2 heterocycles. The average Bonchev–Trinajstić information content (AvgIpc) is 2.36. The van der Waals surface area contributed by atoms with Crippen molar-refractivity contribution in [2.75, 3.05) is 0 Å². The summed E-state index contributed by atoms with van der Waals surface area (Å²) in [5, 5.41) is 0.456. The number of pyridine rings is 1. The first kappa shape index (κ1) is 12.2. The lowest BCUT2D eigenvalue weighted by Gasteiger charge is -2.04. The Morgan fingerprint density at radius 2 is 1.75 bits per heavy atom. The second-order valence-electron chi connectivity index (χ2n) is 3.08. The molecule has 16 heavy (non-hydrogen) atoms. The minimum atomic E-state index is -0.360. The second kappa shape index (κ2) is 4.74. The number of aromatic nitrogens is 3. The van der Waals surface area contributed by atoms with Crippen LogP contribution in [0.1, 0.15) is 13.8 Å². The van der Waals surface area contributed by atoms with Crippen LogP contribution in [-0.4, -0.2) is 14.1 Å². The SMILES string of the molecule is CC.Cn1c(=O)c2cccnc2n(C)c1=O. The molecule has 0 amide bonds. The van der Waals surface area contributed by atoms with Gasteiger partial charge in [-0.25, -0.2) is 9.78 Å². The maximum Gasteiger partial charge on any atom is 0.332 e. The molecule has 0 spiro atoms. The molecule has 0 saturated heterocycles. The van der Waals surface area contributed by atoms with Crippen molar-refractivity contribution >= 4 is 11.0 Å². The number of hydrogen-bond acceptors (Lipinski definition) is 3. The first-order valence-electron chi connectivity index (χ1n) is 5.13. The molecule has 86 valence electrons. The van der Waals surface area contributed by atoms with Gasteiger partial charge in [-0.05, 0) is 12.1 Å². The van der Waals surface area contributed by atoms with Gasteiger partial charge in [0.2, 0.25) is 0 Å². The zero-order valence-corrected chi connectivity index (χ0v) is 9.89. The minimum Gasteiger partial charge on any atom is -0.280 e. The largest absolute Gasteiger partial charge is 0.332 e. The van der Waals surface area contributed by atoms with Crippen molar-refractivity contribution in [1.82, 2.24) is 14.1 Å². The van der Waals surface area contributed by atoms with E-state index in [2.05, 4.69) is 4.98 Å². The number of nitrogens with zero attached hydrogens (tertiary/aromatic N) is 3. The smallest absolute Gasteiger partial charge is 0.280 e. The Kier molecular flexibility index (Phi) is 3.60. The predicted octanol–water partition coefficient (Wildman–Crippen LogP) is 0.658. The molecule has 0 unspecified atom stereocenters. The Bertz CT molecular complexity index is 611. The van der Waals surface area contributed by atoms with E-state index < -0.39 is 0 Å². The maximum atomic E-state index is 11.6. The van der Waals surface area contributed by atoms with Crippen LogP contribution < -0.4 is 11.2 Å². The third-order valence-electron chi connectivity index (χ3n) is 2.21. The van der Waals surface area contributed by atoms with Crippen LogP contribution in [0.5, 0.6) is 0 Å². The summed E-state index contributed by atoms with van der Waals surface area (Å²) >= 11 is 0. The fourth-order valence-corrected chi connectivity index (χ4v) is 1.41. The van der Waals surface area contributed by atoms with Crippen molar-refractivity contribution < 1.29 is 0 Å². The molecular formula is C11H15N3O2. The fraction of sp³-hybridized carbons (Fsp3) is 0.364. The van der Waals surface area contributed by atoms with Gasteiger partial charge >= 0.3 is 5.69 Å². The summed E-state index contributed by atoms with van der Waals surface area (Å²) in [7, 11) is 3.05. The van der Waals surface area contributed by atoms with Gasteiger partial charge in [-0.2, -0.15) is 0 Å². The van der Waals surface area contributed by atoms with Crippen LogP contribution >= 0.6 is 0 Å². The summed E-state index contributed by atoms with van der Waals surface area (Å²) in [6, 6.07) is 3.33. The maximum absolute atomic E-state index is 11.6. The van der Waals surface area contributed by atoms with Crippen molar-refractivity contribution in [2.45, 2.75) is 13.8 Å². The van der Waals surface area contributed by atoms with Crippen LogP contribution in [0.15, 0.2) is 27.9 Å². The summed E-state index contributed by atoms with van der Waals surface area (Å²) in [5.74, 6) is 0. The molecule has 0 radical (unpaired) electrons. The lowest BCUT2D eigenvalue weighted by molar-refractivity contribution is 0.707. The summed E-state index contributed by atoms with van der Waals surface area (Å²) in [6.07, 6.45) is 1.56. The number of fused-ring (bicyclic) bond motifs is 1. The highest BCUT2D eigenvalue weighted by Crippen LogP contribution is 2.00. The molecule has 0 fully saturated rings. The molecule has 2 aromatic heterocycles. The van der Waals surface area contributed by atoms with Crippen LogP contribution in [0.2, 0.25) is 0 Å². The normalized spacial score (nSPS) is 9.75. The number of hydrogen-bond donors (Lipinski definition) is 0. The van der Waals surface area contributed by atoms with E-state index in [0.29, 0.717) is 11.0 Å². The molecule has 5 nitrogen and oxygen atoms in total. The third kappa shape index (κ3) is 1.76. The second-order valence-corrected chi connectivity index (χ2v) is 3.08. The topological polar surface area (TPSA) is 56.9 Å². The minimum absolute atomic E-state index is 0.309. The van der Waals surface area contributed by atoms with E-state index >= 15 is 0 Å². The van der Waals surface area contributed by atoms with Gasteiger partial charge in [0.25, 0.3) is 5.56 Å². The van der Waals surface area contributed by atoms with Crippen LogP contribution in [0, 0.1) is 0 Å². The van der Waals surface area contributed by atoms with Gasteiger partial charge in [0, 0.05) is 20.3 Å². The van der Waals surface area contributed by atoms with E-state index in [-0.39, 0.29) is 11.2 Å². The van der Waals surface area contributed by atoms with E-state index in [1.165, 1.54) is 11.6 Å². The van der Waals surface area contributed by atoms with Crippen LogP contribution in [0.3, 0.4) is 0 Å². The molecule has 2 aromatic rings. The zero-order chi connectivity index (χ0) is 12.3. The highest BCUT2D eigenvalue weighted by molar-refractivity contribution is 5.73. The summed E-state index contributed by atoms with van der Waals surface area (Å²) in [6.45, 7) is 4.00. The van der Waals surface area contributed by atoms with Crippen molar-refractivity contribution in [3.63, 3.8) is 0 Å². The highest BCUT2D eigenvalue weighted by atomic mass is 16.2. The van der Waals surface area contributed by atoms with Gasteiger partial charge in [0.05, 0.1) is 5.39 Å². The van der Waals surface area contributed by atoms with Crippen molar-refractivity contribution in [3.8, 4) is 0 Å². The van der Waals surface area contributed by atoms with E-state index in [9.17, 15) is 9.59 Å². The molecule has 5 heteroatoms. The van der Waals surface area contributed by atoms with E-state index in [4.69, 9.17) is 0 Å². The number of aryl methyl sites for hydroxylation is 1. The molecule has 0 atom stereocenters. The van der Waals surface area contributed by atoms with Crippen molar-refractivity contribution in [1.29, 1.82) is 0 Å². The van der Waals surface area contributed by atoms with E-state index in [1.54, 1.807) is 25.4 Å². The molecule has 0 aliphatic rings. The Morgan fingerprint density at radius 1 is 1.12 bits per heavy atom. The summed E-state index contributed by atoms with van der Waals surface area (Å²) < 4.78 is 2.43. The Balaban J connectivity index is 0.000000606. The van der Waals surface area contributed by atoms with Crippen LogP contribution in [-0.2, 0) is 14.1 Å². The van der Waals surface area contributed by atoms with Crippen LogP contribution in [0.4, 0.5) is 0 Å². The molecule has 0 saturated carbocycles. The quantitative estimate of drug-likeness (QED) is 0.656. The van der Waals surface area contributed by atoms with Gasteiger partial charge in [-0.1, -0.05) is 13.8 Å². The van der Waals surface area contributed by atoms with Gasteiger partial charge in [-0.15, -0.1) is 0 Å². The number of rotatable bonds is 0. The molecule has 2 rings (SSSR count). The molecule has 0 aliphatic carbocycles. The van der Waals surface area contributed by atoms with Gasteiger partial charge in [0.15, 0.2) is 0 Å². The zero-order valence-electron chi connectivity index (χ0n) is 9.89. The average molecular weight is 221 g/mol. The van der Waals surface area contributed by atoms with E-state index in [1.807, 2.05) is 13.8 Å². The first-order chi connectivity index (χ1) is 7.63. The Labute approximate surface area is 93.0 Å². The molecular weight excluding hydrogens is 206 g/mol. The molecule has 0 aliphatic heterocycles. The standard InChI is InChI=1S/C9H9N3O2.C2H6/c1-11-7-6(4-3-5-10-7)8(13)12(2)9(11)14;1-2/h3-5H,1-2H3;1-2H3. The van der Waals surface area contributed by atoms with Gasteiger partial charge in [-0.3, -0.25) is 13.9 Å². The van der Waals surface area contributed by atoms with Crippen molar-refractivity contribution in [3.05, 3.63) is 39.2 Å². The fourth-order valence-electron chi connectivity index (χ4n) is 1.41. The summed E-state index contributed by atoms with van der Waals surface area (Å²) in [5.41, 5.74) is -0.252.